The lowest BCUT2D eigenvalue weighted by molar-refractivity contribution is 0.390. The van der Waals surface area contributed by atoms with Crippen LogP contribution in [0.25, 0.3) is 0 Å². The van der Waals surface area contributed by atoms with E-state index in [2.05, 4.69) is 66.4 Å². The summed E-state index contributed by atoms with van der Waals surface area (Å²) in [6, 6.07) is 14.9. The third-order valence-electron chi connectivity index (χ3n) is 3.18. The smallest absolute Gasteiger partial charge is 0.0270 e. The molecule has 1 unspecified atom stereocenters. The van der Waals surface area contributed by atoms with Gasteiger partial charge in [0.2, 0.25) is 0 Å². The van der Waals surface area contributed by atoms with Crippen molar-refractivity contribution >= 4 is 0 Å². The monoisotopic (exact) mass is 240 g/mol. The van der Waals surface area contributed by atoms with Crippen molar-refractivity contribution in [1.82, 2.24) is 9.88 Å². The number of hydrogen-bond acceptors (Lipinski definition) is 2. The number of hydrogen-bond donors (Lipinski definition) is 0. The maximum Gasteiger partial charge on any atom is 0.0270 e. The summed E-state index contributed by atoms with van der Waals surface area (Å²) in [5.41, 5.74) is 2.73. The van der Waals surface area contributed by atoms with Gasteiger partial charge in [0.15, 0.2) is 0 Å². The van der Waals surface area contributed by atoms with Gasteiger partial charge >= 0.3 is 0 Å². The Morgan fingerprint density at radius 1 is 0.944 bits per heavy atom. The molecule has 2 rings (SSSR count). The van der Waals surface area contributed by atoms with Gasteiger partial charge in [0.25, 0.3) is 0 Å². The molecule has 94 valence electrons. The molecule has 2 heteroatoms. The Hall–Kier alpha value is -1.67. The van der Waals surface area contributed by atoms with Crippen LogP contribution in [0, 0.1) is 0 Å². The summed E-state index contributed by atoms with van der Waals surface area (Å²) in [4.78, 5) is 6.34. The van der Waals surface area contributed by atoms with E-state index in [4.69, 9.17) is 0 Å². The molecule has 0 amide bonds. The molecule has 0 fully saturated rings. The van der Waals surface area contributed by atoms with Crippen LogP contribution in [-0.4, -0.2) is 30.5 Å². The van der Waals surface area contributed by atoms with Crippen LogP contribution in [0.5, 0.6) is 0 Å². The van der Waals surface area contributed by atoms with Gasteiger partial charge in [0, 0.05) is 18.3 Å². The molecule has 1 aromatic carbocycles. The fourth-order valence-corrected chi connectivity index (χ4v) is 2.19. The number of pyridine rings is 1. The van der Waals surface area contributed by atoms with Crippen LogP contribution in [0.1, 0.15) is 23.5 Å². The zero-order chi connectivity index (χ0) is 12.8. The summed E-state index contributed by atoms with van der Waals surface area (Å²) in [6.45, 7) is 1.09. The molecule has 1 aromatic heterocycles. The number of benzene rings is 1. The van der Waals surface area contributed by atoms with Crippen molar-refractivity contribution < 1.29 is 0 Å². The summed E-state index contributed by atoms with van der Waals surface area (Å²) in [5, 5.41) is 0. The third-order valence-corrected chi connectivity index (χ3v) is 3.18. The van der Waals surface area contributed by atoms with E-state index in [1.165, 1.54) is 11.1 Å². The maximum absolute atomic E-state index is 4.11. The Labute approximate surface area is 109 Å². The van der Waals surface area contributed by atoms with Crippen LogP contribution in [0.15, 0.2) is 54.9 Å². The first kappa shape index (κ1) is 12.8. The molecule has 18 heavy (non-hydrogen) atoms. The zero-order valence-electron chi connectivity index (χ0n) is 11.1. The van der Waals surface area contributed by atoms with E-state index in [9.17, 15) is 0 Å². The summed E-state index contributed by atoms with van der Waals surface area (Å²) in [5.74, 6) is 0.455. The van der Waals surface area contributed by atoms with Crippen molar-refractivity contribution in [3.05, 3.63) is 66.0 Å². The third kappa shape index (κ3) is 3.41. The van der Waals surface area contributed by atoms with Crippen LogP contribution in [0.2, 0.25) is 0 Å². The Morgan fingerprint density at radius 2 is 1.56 bits per heavy atom. The van der Waals surface area contributed by atoms with E-state index >= 15 is 0 Å². The Balaban J connectivity index is 2.24. The first-order chi connectivity index (χ1) is 8.77. The van der Waals surface area contributed by atoms with Gasteiger partial charge in [-0.3, -0.25) is 4.98 Å². The molecular formula is C16H20N2. The molecule has 0 bridgehead atoms. The average molecular weight is 240 g/mol. The fourth-order valence-electron chi connectivity index (χ4n) is 2.19. The SMILES string of the molecule is CN(C)CCC(c1ccccc1)c1ccncc1. The van der Waals surface area contributed by atoms with Crippen LogP contribution >= 0.6 is 0 Å². The van der Waals surface area contributed by atoms with Crippen molar-refractivity contribution in [3.63, 3.8) is 0 Å². The summed E-state index contributed by atoms with van der Waals surface area (Å²) < 4.78 is 0. The second kappa shape index (κ2) is 6.31. The van der Waals surface area contributed by atoms with Gasteiger partial charge in [-0.2, -0.15) is 0 Å². The largest absolute Gasteiger partial charge is 0.309 e. The van der Waals surface area contributed by atoms with Gasteiger partial charge in [0.05, 0.1) is 0 Å². The van der Waals surface area contributed by atoms with Gasteiger partial charge in [-0.25, -0.2) is 0 Å². The van der Waals surface area contributed by atoms with Crippen molar-refractivity contribution in [1.29, 1.82) is 0 Å². The summed E-state index contributed by atoms with van der Waals surface area (Å²) in [6.07, 6.45) is 4.88. The highest BCUT2D eigenvalue weighted by Gasteiger charge is 2.13. The van der Waals surface area contributed by atoms with Crippen molar-refractivity contribution in [3.8, 4) is 0 Å². The molecule has 0 aliphatic rings. The van der Waals surface area contributed by atoms with E-state index in [1.807, 2.05) is 12.4 Å². The molecule has 1 heterocycles. The molecule has 1 atom stereocenters. The van der Waals surface area contributed by atoms with E-state index < -0.39 is 0 Å². The molecule has 0 aliphatic carbocycles. The molecule has 0 saturated heterocycles. The lowest BCUT2D eigenvalue weighted by Gasteiger charge is -2.20. The van der Waals surface area contributed by atoms with E-state index in [-0.39, 0.29) is 0 Å². The molecule has 0 radical (unpaired) electrons. The van der Waals surface area contributed by atoms with Gasteiger partial charge in [-0.15, -0.1) is 0 Å². The molecule has 0 spiro atoms. The lowest BCUT2D eigenvalue weighted by atomic mass is 9.89. The van der Waals surface area contributed by atoms with Crippen molar-refractivity contribution in [2.24, 2.45) is 0 Å². The predicted octanol–water partition coefficient (Wildman–Crippen LogP) is 3.17. The van der Waals surface area contributed by atoms with Crippen molar-refractivity contribution in [2.75, 3.05) is 20.6 Å². The second-order valence-electron chi connectivity index (χ2n) is 4.84. The minimum atomic E-state index is 0.455. The second-order valence-corrected chi connectivity index (χ2v) is 4.84. The highest BCUT2D eigenvalue weighted by molar-refractivity contribution is 5.31. The Morgan fingerprint density at radius 3 is 2.17 bits per heavy atom. The highest BCUT2D eigenvalue weighted by Crippen LogP contribution is 2.27. The number of rotatable bonds is 5. The first-order valence-corrected chi connectivity index (χ1v) is 6.37. The normalized spacial score (nSPS) is 12.6. The minimum Gasteiger partial charge on any atom is -0.309 e. The van der Waals surface area contributed by atoms with E-state index in [0.29, 0.717) is 5.92 Å². The quantitative estimate of drug-likeness (QED) is 0.798. The highest BCUT2D eigenvalue weighted by atomic mass is 15.0. The minimum absolute atomic E-state index is 0.455. The van der Waals surface area contributed by atoms with Crippen LogP contribution in [-0.2, 0) is 0 Å². The Bertz CT molecular complexity index is 412. The maximum atomic E-state index is 4.11. The van der Waals surface area contributed by atoms with E-state index in [0.717, 1.165) is 13.0 Å². The van der Waals surface area contributed by atoms with Crippen LogP contribution in [0.3, 0.4) is 0 Å². The van der Waals surface area contributed by atoms with Crippen molar-refractivity contribution in [2.45, 2.75) is 12.3 Å². The standard InChI is InChI=1S/C16H20N2/c1-18(2)13-10-16(14-6-4-3-5-7-14)15-8-11-17-12-9-15/h3-9,11-12,16H,10,13H2,1-2H3. The van der Waals surface area contributed by atoms with Gasteiger partial charge < -0.3 is 4.90 Å². The number of nitrogens with zero attached hydrogens (tertiary/aromatic N) is 2. The topological polar surface area (TPSA) is 16.1 Å². The Kier molecular flexibility index (Phi) is 4.48. The summed E-state index contributed by atoms with van der Waals surface area (Å²) in [7, 11) is 4.24. The summed E-state index contributed by atoms with van der Waals surface area (Å²) >= 11 is 0. The molecular weight excluding hydrogens is 220 g/mol. The molecule has 2 aromatic rings. The fraction of sp³-hybridized carbons (Fsp3) is 0.312. The van der Waals surface area contributed by atoms with E-state index in [1.54, 1.807) is 0 Å². The van der Waals surface area contributed by atoms with Gasteiger partial charge in [0.1, 0.15) is 0 Å². The molecule has 0 saturated carbocycles. The van der Waals surface area contributed by atoms with Gasteiger partial charge in [-0.1, -0.05) is 30.3 Å². The first-order valence-electron chi connectivity index (χ1n) is 6.37. The zero-order valence-corrected chi connectivity index (χ0v) is 11.1. The molecule has 2 nitrogen and oxygen atoms in total. The molecule has 0 aliphatic heterocycles. The lowest BCUT2D eigenvalue weighted by Crippen LogP contribution is -2.16. The van der Waals surface area contributed by atoms with Crippen LogP contribution < -0.4 is 0 Å². The van der Waals surface area contributed by atoms with Gasteiger partial charge in [-0.05, 0) is 50.3 Å². The van der Waals surface area contributed by atoms with Crippen LogP contribution in [0.4, 0.5) is 0 Å². The average Bonchev–Trinajstić information content (AvgIpc) is 2.41. The predicted molar refractivity (Wildman–Crippen MR) is 75.7 cm³/mol. The number of aromatic nitrogens is 1. The molecule has 0 N–H and O–H groups in total.